The highest BCUT2D eigenvalue weighted by molar-refractivity contribution is 5.73. The Hall–Kier alpha value is -1.30. The van der Waals surface area contributed by atoms with Crippen LogP contribution in [0.2, 0.25) is 0 Å². The van der Waals surface area contributed by atoms with Gasteiger partial charge in [-0.1, -0.05) is 0 Å². The van der Waals surface area contributed by atoms with E-state index in [2.05, 4.69) is 0 Å². The molecule has 6 heteroatoms. The summed E-state index contributed by atoms with van der Waals surface area (Å²) in [6.45, 7) is 4.52. The zero-order chi connectivity index (χ0) is 11.9. The molecular weight excluding hydrogens is 202 g/mol. The Balaban J connectivity index is 2.80. The minimum atomic E-state index is -1.49. The zero-order valence-electron chi connectivity index (χ0n) is 8.98. The van der Waals surface area contributed by atoms with Crippen molar-refractivity contribution in [3.05, 3.63) is 0 Å². The van der Waals surface area contributed by atoms with Crippen molar-refractivity contribution in [1.82, 2.24) is 4.90 Å². The van der Waals surface area contributed by atoms with Crippen LogP contribution in [0.5, 0.6) is 0 Å². The van der Waals surface area contributed by atoms with Crippen LogP contribution in [0.15, 0.2) is 0 Å². The molecule has 6 nitrogen and oxygen atoms in total. The van der Waals surface area contributed by atoms with Gasteiger partial charge in [-0.25, -0.2) is 4.79 Å². The van der Waals surface area contributed by atoms with Crippen LogP contribution in [-0.2, 0) is 9.53 Å². The topological polar surface area (TPSA) is 87.1 Å². The number of nitrogens with zero attached hydrogens (tertiary/aromatic N) is 1. The third-order valence-electron chi connectivity index (χ3n) is 2.78. The number of carboxylic acids is 1. The molecule has 1 fully saturated rings. The van der Waals surface area contributed by atoms with E-state index < -0.39 is 23.4 Å². The van der Waals surface area contributed by atoms with Crippen molar-refractivity contribution in [1.29, 1.82) is 0 Å². The van der Waals surface area contributed by atoms with Gasteiger partial charge in [-0.3, -0.25) is 9.69 Å². The average Bonchev–Trinajstić information content (AvgIpc) is 2.15. The van der Waals surface area contributed by atoms with E-state index in [1.54, 1.807) is 13.8 Å². The Morgan fingerprint density at radius 1 is 1.47 bits per heavy atom. The Morgan fingerprint density at radius 2 is 2.00 bits per heavy atom. The van der Waals surface area contributed by atoms with Gasteiger partial charge in [-0.15, -0.1) is 0 Å². The molecule has 15 heavy (non-hydrogen) atoms. The highest BCUT2D eigenvalue weighted by Crippen LogP contribution is 2.36. The van der Waals surface area contributed by atoms with Crippen LogP contribution in [0, 0.1) is 0 Å². The number of cyclic esters (lactones) is 1. The van der Waals surface area contributed by atoms with Crippen molar-refractivity contribution in [3.63, 3.8) is 0 Å². The predicted molar refractivity (Wildman–Crippen MR) is 50.1 cm³/mol. The van der Waals surface area contributed by atoms with E-state index in [-0.39, 0.29) is 13.0 Å². The fourth-order valence-electron chi connectivity index (χ4n) is 1.39. The summed E-state index contributed by atoms with van der Waals surface area (Å²) in [6.07, 6.45) is -0.910. The summed E-state index contributed by atoms with van der Waals surface area (Å²) in [5, 5.41) is 18.6. The summed E-state index contributed by atoms with van der Waals surface area (Å²) in [7, 11) is 0. The lowest BCUT2D eigenvalue weighted by molar-refractivity contribution is -0.141. The third kappa shape index (κ3) is 1.90. The van der Waals surface area contributed by atoms with Crippen LogP contribution < -0.4 is 0 Å². The van der Waals surface area contributed by atoms with E-state index in [0.717, 1.165) is 4.90 Å². The van der Waals surface area contributed by atoms with Crippen molar-refractivity contribution in [3.8, 4) is 0 Å². The van der Waals surface area contributed by atoms with Crippen molar-refractivity contribution in [2.75, 3.05) is 6.54 Å². The second-order valence-electron chi connectivity index (χ2n) is 4.19. The molecule has 0 saturated carbocycles. The van der Waals surface area contributed by atoms with Crippen LogP contribution in [-0.4, -0.2) is 45.0 Å². The molecule has 1 heterocycles. The molecular formula is C9H15NO5. The standard InChI is InChI=1S/C9H15NO5/c1-8(2)9(3,14)10(7(13)15-8)5-4-6(11)12/h14H,4-5H2,1-3H3,(H,11,12)/t9-/m1/s1. The Labute approximate surface area is 87.4 Å². The number of amides is 1. The van der Waals surface area contributed by atoms with Gasteiger partial charge in [-0.2, -0.15) is 0 Å². The van der Waals surface area contributed by atoms with Gasteiger partial charge in [0.2, 0.25) is 0 Å². The Bertz CT molecular complexity index is 297. The Kier molecular flexibility index (Phi) is 2.65. The second-order valence-corrected chi connectivity index (χ2v) is 4.19. The molecule has 0 aliphatic carbocycles. The minimum Gasteiger partial charge on any atom is -0.481 e. The number of carbonyl (C=O) groups excluding carboxylic acids is 1. The first kappa shape index (κ1) is 11.8. The molecule has 1 saturated heterocycles. The second kappa shape index (κ2) is 3.37. The van der Waals surface area contributed by atoms with E-state index >= 15 is 0 Å². The van der Waals surface area contributed by atoms with Gasteiger partial charge in [0.25, 0.3) is 0 Å². The molecule has 1 aliphatic rings. The van der Waals surface area contributed by atoms with Gasteiger partial charge in [0.05, 0.1) is 6.42 Å². The van der Waals surface area contributed by atoms with Crippen molar-refractivity contribution >= 4 is 12.1 Å². The molecule has 0 radical (unpaired) electrons. The number of hydrogen-bond acceptors (Lipinski definition) is 4. The lowest BCUT2D eigenvalue weighted by Gasteiger charge is -2.34. The predicted octanol–water partition coefficient (Wildman–Crippen LogP) is 0.400. The van der Waals surface area contributed by atoms with Crippen LogP contribution in [0.25, 0.3) is 0 Å². The number of rotatable bonds is 3. The fourth-order valence-corrected chi connectivity index (χ4v) is 1.39. The number of aliphatic hydroxyl groups is 1. The van der Waals surface area contributed by atoms with Gasteiger partial charge >= 0.3 is 12.1 Å². The van der Waals surface area contributed by atoms with Crippen molar-refractivity contribution < 1.29 is 24.5 Å². The highest BCUT2D eigenvalue weighted by Gasteiger charge is 2.56. The molecule has 2 N–H and O–H groups in total. The lowest BCUT2D eigenvalue weighted by Crippen LogP contribution is -2.53. The molecule has 86 valence electrons. The van der Waals surface area contributed by atoms with E-state index in [9.17, 15) is 14.7 Å². The van der Waals surface area contributed by atoms with E-state index in [4.69, 9.17) is 9.84 Å². The molecule has 0 unspecified atom stereocenters. The molecule has 1 rings (SSSR count). The summed E-state index contributed by atoms with van der Waals surface area (Å²) in [4.78, 5) is 22.8. The van der Waals surface area contributed by atoms with Gasteiger partial charge in [0, 0.05) is 6.54 Å². The number of ether oxygens (including phenoxy) is 1. The van der Waals surface area contributed by atoms with Gasteiger partial charge in [0.15, 0.2) is 11.3 Å². The molecule has 0 aromatic rings. The van der Waals surface area contributed by atoms with Crippen LogP contribution in [0.4, 0.5) is 4.79 Å². The zero-order valence-corrected chi connectivity index (χ0v) is 8.98. The minimum absolute atomic E-state index is 0.0649. The summed E-state index contributed by atoms with van der Waals surface area (Å²) < 4.78 is 4.95. The van der Waals surface area contributed by atoms with Gasteiger partial charge < -0.3 is 14.9 Å². The molecule has 1 aliphatic heterocycles. The largest absolute Gasteiger partial charge is 0.481 e. The average molecular weight is 217 g/mol. The first-order valence-electron chi connectivity index (χ1n) is 4.63. The fraction of sp³-hybridized carbons (Fsp3) is 0.778. The van der Waals surface area contributed by atoms with E-state index in [1.807, 2.05) is 0 Å². The lowest BCUT2D eigenvalue weighted by atomic mass is 9.96. The van der Waals surface area contributed by atoms with E-state index in [0.29, 0.717) is 0 Å². The smallest absolute Gasteiger partial charge is 0.412 e. The molecule has 1 amide bonds. The first-order chi connectivity index (χ1) is 6.68. The summed E-state index contributed by atoms with van der Waals surface area (Å²) in [5.74, 6) is -1.02. The van der Waals surface area contributed by atoms with Crippen molar-refractivity contribution in [2.45, 2.75) is 38.5 Å². The monoisotopic (exact) mass is 217 g/mol. The summed E-state index contributed by atoms with van der Waals surface area (Å²) in [5.41, 5.74) is -2.53. The Morgan fingerprint density at radius 3 is 2.33 bits per heavy atom. The maximum absolute atomic E-state index is 11.4. The van der Waals surface area contributed by atoms with Crippen molar-refractivity contribution in [2.24, 2.45) is 0 Å². The summed E-state index contributed by atoms with van der Waals surface area (Å²) in [6, 6.07) is 0. The van der Waals surface area contributed by atoms with Gasteiger partial charge in [-0.05, 0) is 20.8 Å². The highest BCUT2D eigenvalue weighted by atomic mass is 16.6. The summed E-state index contributed by atoms with van der Waals surface area (Å²) >= 11 is 0. The molecule has 0 aromatic heterocycles. The SMILES string of the molecule is CC1(C)OC(=O)N(CCC(=O)O)[C@]1(C)O. The van der Waals surface area contributed by atoms with Gasteiger partial charge in [0.1, 0.15) is 0 Å². The molecule has 0 bridgehead atoms. The van der Waals surface area contributed by atoms with Crippen LogP contribution in [0.1, 0.15) is 27.2 Å². The maximum atomic E-state index is 11.4. The quantitative estimate of drug-likeness (QED) is 0.714. The third-order valence-corrected chi connectivity index (χ3v) is 2.78. The molecule has 1 atom stereocenters. The van der Waals surface area contributed by atoms with Crippen LogP contribution in [0.3, 0.4) is 0 Å². The maximum Gasteiger partial charge on any atom is 0.412 e. The number of hydrogen-bond donors (Lipinski definition) is 2. The normalized spacial score (nSPS) is 29.1. The van der Waals surface area contributed by atoms with Crippen LogP contribution >= 0.6 is 0 Å². The van der Waals surface area contributed by atoms with E-state index in [1.165, 1.54) is 6.92 Å². The number of carbonyl (C=O) groups is 2. The number of aliphatic carboxylic acids is 1. The first-order valence-corrected chi connectivity index (χ1v) is 4.63. The molecule has 0 spiro atoms. The molecule has 0 aromatic carbocycles. The number of carboxylic acid groups (broad SMARTS) is 1.